The molecule has 0 aliphatic heterocycles. The zero-order valence-electron chi connectivity index (χ0n) is 16.2. The topological polar surface area (TPSA) is 24.4 Å². The maximum Gasteiger partial charge on any atom is 0.0785 e. The predicted molar refractivity (Wildman–Crippen MR) is 105 cm³/mol. The third kappa shape index (κ3) is 20.1. The van der Waals surface area contributed by atoms with Crippen molar-refractivity contribution in [3.8, 4) is 0 Å². The fraction of sp³-hybridized carbons (Fsp3) is 0.450. The summed E-state index contributed by atoms with van der Waals surface area (Å²) in [4.78, 5) is 3.92. The molecule has 0 fully saturated rings. The quantitative estimate of drug-likeness (QED) is 0.709. The summed E-state index contributed by atoms with van der Waals surface area (Å²) in [6.07, 6.45) is 3.87. The first-order chi connectivity index (χ1) is 11.0. The molecule has 1 N–H and O–H groups in total. The zero-order chi connectivity index (χ0) is 18.7. The fourth-order valence-electron chi connectivity index (χ4n) is 1.28. The van der Waals surface area contributed by atoms with Gasteiger partial charge in [-0.3, -0.25) is 9.38 Å². The van der Waals surface area contributed by atoms with Gasteiger partial charge in [0, 0.05) is 25.5 Å². The van der Waals surface area contributed by atoms with Gasteiger partial charge in [0.25, 0.3) is 0 Å². The zero-order valence-corrected chi connectivity index (χ0v) is 16.2. The molecule has 3 heteroatoms. The molecule has 0 unspecified atom stereocenters. The summed E-state index contributed by atoms with van der Waals surface area (Å²) >= 11 is 0. The van der Waals surface area contributed by atoms with Crippen LogP contribution in [0.25, 0.3) is 0 Å². The van der Waals surface area contributed by atoms with E-state index in [9.17, 15) is 4.39 Å². The highest BCUT2D eigenvalue weighted by atomic mass is 19.1. The SMILES string of the molecule is C=C(C)NC/C(C=NC)=C/C.CC.CF.Cc1ccc(C)cc1. The lowest BCUT2D eigenvalue weighted by Gasteiger charge is -2.03. The number of allylic oxidation sites excluding steroid dienone is 2. The largest absolute Gasteiger partial charge is 0.385 e. The molecule has 0 aromatic heterocycles. The van der Waals surface area contributed by atoms with E-state index in [0.29, 0.717) is 7.18 Å². The molecule has 0 bridgehead atoms. The Morgan fingerprint density at radius 3 is 1.78 bits per heavy atom. The first kappa shape index (κ1) is 26.0. The molecule has 1 aromatic carbocycles. The van der Waals surface area contributed by atoms with Crippen LogP contribution in [0, 0.1) is 13.8 Å². The van der Waals surface area contributed by atoms with Gasteiger partial charge in [-0.2, -0.15) is 0 Å². The smallest absolute Gasteiger partial charge is 0.0785 e. The molecule has 0 atom stereocenters. The summed E-state index contributed by atoms with van der Waals surface area (Å²) in [6, 6.07) is 8.48. The van der Waals surface area contributed by atoms with Crippen molar-refractivity contribution in [1.82, 2.24) is 5.32 Å². The molecule has 0 amide bonds. The van der Waals surface area contributed by atoms with E-state index in [4.69, 9.17) is 0 Å². The summed E-state index contributed by atoms with van der Waals surface area (Å²) in [5.41, 5.74) is 4.82. The number of halogens is 1. The van der Waals surface area contributed by atoms with E-state index in [2.05, 4.69) is 55.0 Å². The molecule has 0 heterocycles. The lowest BCUT2D eigenvalue weighted by molar-refractivity contribution is 0.636. The van der Waals surface area contributed by atoms with Crippen molar-refractivity contribution < 1.29 is 4.39 Å². The Balaban J connectivity index is -0.000000292. The summed E-state index contributed by atoms with van der Waals surface area (Å²) in [5, 5.41) is 3.13. The Bertz CT molecular complexity index is 410. The van der Waals surface area contributed by atoms with Gasteiger partial charge in [0.05, 0.1) is 7.18 Å². The second-order valence-corrected chi connectivity index (χ2v) is 4.54. The van der Waals surface area contributed by atoms with Crippen LogP contribution < -0.4 is 5.32 Å². The Labute approximate surface area is 143 Å². The number of benzene rings is 1. The van der Waals surface area contributed by atoms with E-state index in [0.717, 1.165) is 12.2 Å². The Morgan fingerprint density at radius 1 is 1.13 bits per heavy atom. The lowest BCUT2D eigenvalue weighted by Crippen LogP contribution is -2.14. The van der Waals surface area contributed by atoms with Gasteiger partial charge in [-0.1, -0.05) is 61.9 Å². The van der Waals surface area contributed by atoms with Crippen LogP contribution in [0.5, 0.6) is 0 Å². The summed E-state index contributed by atoms with van der Waals surface area (Å²) < 4.78 is 9.50. The van der Waals surface area contributed by atoms with Crippen LogP contribution in [0.3, 0.4) is 0 Å². The van der Waals surface area contributed by atoms with Crippen LogP contribution in [0.15, 0.2) is 53.2 Å². The highest BCUT2D eigenvalue weighted by molar-refractivity contribution is 5.78. The maximum atomic E-state index is 9.50. The number of nitrogens with zero attached hydrogens (tertiary/aromatic N) is 1. The van der Waals surface area contributed by atoms with Crippen molar-refractivity contribution in [3.63, 3.8) is 0 Å². The third-order valence-electron chi connectivity index (χ3n) is 2.48. The van der Waals surface area contributed by atoms with E-state index < -0.39 is 0 Å². The fourth-order valence-corrected chi connectivity index (χ4v) is 1.28. The van der Waals surface area contributed by atoms with Crippen LogP contribution in [0.2, 0.25) is 0 Å². The Kier molecular flexibility index (Phi) is 22.7. The monoisotopic (exact) mass is 322 g/mol. The van der Waals surface area contributed by atoms with Crippen molar-refractivity contribution >= 4 is 6.21 Å². The summed E-state index contributed by atoms with van der Waals surface area (Å²) in [7, 11) is 2.27. The molecule has 0 saturated heterocycles. The molecule has 2 nitrogen and oxygen atoms in total. The summed E-state index contributed by atoms with van der Waals surface area (Å²) in [5.74, 6) is 0. The summed E-state index contributed by atoms with van der Waals surface area (Å²) in [6.45, 7) is 16.7. The average Bonchev–Trinajstić information content (AvgIpc) is 2.58. The van der Waals surface area contributed by atoms with E-state index in [-0.39, 0.29) is 0 Å². The highest BCUT2D eigenvalue weighted by Gasteiger charge is 1.89. The van der Waals surface area contributed by atoms with Gasteiger partial charge in [-0.05, 0) is 33.3 Å². The van der Waals surface area contributed by atoms with E-state index in [1.165, 1.54) is 16.7 Å². The maximum absolute atomic E-state index is 9.50. The number of aliphatic imine (C=N–C) groups is 1. The number of nitrogens with one attached hydrogen (secondary N) is 1. The van der Waals surface area contributed by atoms with Crippen molar-refractivity contribution in [2.75, 3.05) is 20.8 Å². The molecule has 0 aliphatic rings. The van der Waals surface area contributed by atoms with Gasteiger partial charge in [0.15, 0.2) is 0 Å². The molecular weight excluding hydrogens is 287 g/mol. The molecule has 1 rings (SSSR count). The number of aryl methyl sites for hydroxylation is 2. The Hall–Kier alpha value is -1.90. The highest BCUT2D eigenvalue weighted by Crippen LogP contribution is 1.99. The van der Waals surface area contributed by atoms with Crippen molar-refractivity contribution in [2.45, 2.75) is 41.5 Å². The molecular formula is C20H35FN2. The minimum absolute atomic E-state index is 0.500. The second kappa shape index (κ2) is 20.1. The predicted octanol–water partition coefficient (Wildman–Crippen LogP) is 5.67. The standard InChI is InChI=1S/C9H16N2.C8H10.C2H6.CH3F/c1-5-9(6-10-4)7-11-8(2)3;1-7-3-5-8(2)6-4-7;2*1-2/h5-6,11H,2,7H2,1,3-4H3;3-6H,1-2H3;1-2H3;1H3/b9-5+,10-6?;;;. The van der Waals surface area contributed by atoms with Crippen LogP contribution in [-0.2, 0) is 0 Å². The first-order valence-electron chi connectivity index (χ1n) is 7.87. The third-order valence-corrected chi connectivity index (χ3v) is 2.48. The van der Waals surface area contributed by atoms with Gasteiger partial charge in [-0.25, -0.2) is 0 Å². The average molecular weight is 323 g/mol. The number of alkyl halides is 1. The van der Waals surface area contributed by atoms with Crippen molar-refractivity contribution in [2.24, 2.45) is 4.99 Å². The Morgan fingerprint density at radius 2 is 1.52 bits per heavy atom. The van der Waals surface area contributed by atoms with Gasteiger partial charge in [0.1, 0.15) is 0 Å². The number of rotatable bonds is 4. The van der Waals surface area contributed by atoms with Crippen molar-refractivity contribution in [3.05, 3.63) is 59.3 Å². The van der Waals surface area contributed by atoms with Crippen LogP contribution >= 0.6 is 0 Å². The molecule has 132 valence electrons. The molecule has 0 saturated carbocycles. The van der Waals surface area contributed by atoms with Crippen LogP contribution in [0.1, 0.15) is 38.8 Å². The normalized spacial score (nSPS) is 9.52. The van der Waals surface area contributed by atoms with Gasteiger partial charge in [-0.15, -0.1) is 0 Å². The van der Waals surface area contributed by atoms with Crippen LogP contribution in [0.4, 0.5) is 4.39 Å². The van der Waals surface area contributed by atoms with Crippen molar-refractivity contribution in [1.29, 1.82) is 0 Å². The molecule has 23 heavy (non-hydrogen) atoms. The number of hydrogen-bond donors (Lipinski definition) is 1. The minimum atomic E-state index is 0.500. The van der Waals surface area contributed by atoms with E-state index in [1.54, 1.807) is 7.05 Å². The van der Waals surface area contributed by atoms with Gasteiger partial charge < -0.3 is 5.32 Å². The first-order valence-corrected chi connectivity index (χ1v) is 7.87. The van der Waals surface area contributed by atoms with Crippen LogP contribution in [-0.4, -0.2) is 27.0 Å². The molecule has 0 spiro atoms. The van der Waals surface area contributed by atoms with E-state index >= 15 is 0 Å². The number of hydrogen-bond acceptors (Lipinski definition) is 2. The van der Waals surface area contributed by atoms with E-state index in [1.807, 2.05) is 40.0 Å². The van der Waals surface area contributed by atoms with Gasteiger partial charge in [0.2, 0.25) is 0 Å². The molecule has 1 aromatic rings. The van der Waals surface area contributed by atoms with Gasteiger partial charge >= 0.3 is 0 Å². The lowest BCUT2D eigenvalue weighted by atomic mass is 10.2. The second-order valence-electron chi connectivity index (χ2n) is 4.54. The molecule has 0 radical (unpaired) electrons. The molecule has 0 aliphatic carbocycles. The minimum Gasteiger partial charge on any atom is -0.385 e.